The number of rotatable bonds is 5. The highest BCUT2D eigenvalue weighted by molar-refractivity contribution is 7.13. The van der Waals surface area contributed by atoms with Gasteiger partial charge >= 0.3 is 0 Å². The van der Waals surface area contributed by atoms with E-state index in [1.807, 2.05) is 0 Å². The van der Waals surface area contributed by atoms with Crippen LogP contribution in [0.4, 0.5) is 5.13 Å². The summed E-state index contributed by atoms with van der Waals surface area (Å²) in [6.45, 7) is 6.94. The van der Waals surface area contributed by atoms with Crippen molar-refractivity contribution >= 4 is 22.4 Å². The van der Waals surface area contributed by atoms with E-state index < -0.39 is 0 Å². The number of nitrogens with zero attached hydrogens (tertiary/aromatic N) is 2. The van der Waals surface area contributed by atoms with Crippen LogP contribution in [-0.2, 0) is 16.1 Å². The third-order valence-corrected chi connectivity index (χ3v) is 6.82. The van der Waals surface area contributed by atoms with Gasteiger partial charge in [0, 0.05) is 31.4 Å². The van der Waals surface area contributed by atoms with Gasteiger partial charge in [-0.05, 0) is 50.9 Å². The molecule has 2 heterocycles. The van der Waals surface area contributed by atoms with Crippen LogP contribution in [0.15, 0.2) is 5.38 Å². The number of morpholine rings is 1. The van der Waals surface area contributed by atoms with Gasteiger partial charge in [-0.25, -0.2) is 4.98 Å². The van der Waals surface area contributed by atoms with Gasteiger partial charge in [-0.3, -0.25) is 9.69 Å². The molecule has 0 spiro atoms. The van der Waals surface area contributed by atoms with E-state index in [0.29, 0.717) is 12.3 Å². The number of aromatic nitrogens is 1. The second-order valence-electron chi connectivity index (χ2n) is 8.28. The Morgan fingerprint density at radius 2 is 2.12 bits per heavy atom. The summed E-state index contributed by atoms with van der Waals surface area (Å²) in [6, 6.07) is 0. The van der Waals surface area contributed by atoms with Crippen molar-refractivity contribution < 1.29 is 9.53 Å². The minimum atomic E-state index is 0.145. The number of hydrogen-bond acceptors (Lipinski definition) is 5. The van der Waals surface area contributed by atoms with E-state index in [-0.39, 0.29) is 18.1 Å². The molecular formula is C19H29N3O2S. The normalized spacial score (nSPS) is 35.2. The zero-order valence-electron chi connectivity index (χ0n) is 15.2. The van der Waals surface area contributed by atoms with Crippen molar-refractivity contribution in [3.63, 3.8) is 0 Å². The average Bonchev–Trinajstić information content (AvgIpc) is 3.23. The van der Waals surface area contributed by atoms with Gasteiger partial charge in [-0.1, -0.05) is 6.42 Å². The first kappa shape index (κ1) is 17.4. The van der Waals surface area contributed by atoms with Gasteiger partial charge in [0.25, 0.3) is 0 Å². The van der Waals surface area contributed by atoms with Crippen LogP contribution in [0.3, 0.4) is 0 Å². The summed E-state index contributed by atoms with van der Waals surface area (Å²) in [4.78, 5) is 19.4. The highest BCUT2D eigenvalue weighted by Gasteiger charge is 2.40. The second kappa shape index (κ2) is 7.33. The Hall–Kier alpha value is -0.980. The van der Waals surface area contributed by atoms with E-state index in [1.165, 1.54) is 25.7 Å². The third kappa shape index (κ3) is 4.23. The minimum absolute atomic E-state index is 0.145. The van der Waals surface area contributed by atoms with Gasteiger partial charge in [0.1, 0.15) is 0 Å². The molecule has 4 rings (SSSR count). The van der Waals surface area contributed by atoms with E-state index in [0.717, 1.165) is 42.3 Å². The molecule has 5 atom stereocenters. The first-order valence-corrected chi connectivity index (χ1v) is 10.5. The summed E-state index contributed by atoms with van der Waals surface area (Å²) < 4.78 is 5.78. The fraction of sp³-hybridized carbons (Fsp3) is 0.789. The summed E-state index contributed by atoms with van der Waals surface area (Å²) in [5.41, 5.74) is 1.04. The molecule has 0 unspecified atom stereocenters. The SMILES string of the molecule is C[C@@H]1CN(Cc2csc(NC(=O)C[C@@H]3C[C@@H]4CC[C@@H]3C4)n2)C[C@@H](C)O1. The van der Waals surface area contributed by atoms with E-state index >= 15 is 0 Å². The van der Waals surface area contributed by atoms with Crippen molar-refractivity contribution in [2.24, 2.45) is 17.8 Å². The van der Waals surface area contributed by atoms with Gasteiger partial charge in [-0.2, -0.15) is 0 Å². The minimum Gasteiger partial charge on any atom is -0.373 e. The quantitative estimate of drug-likeness (QED) is 0.870. The zero-order valence-corrected chi connectivity index (χ0v) is 16.1. The van der Waals surface area contributed by atoms with Crippen molar-refractivity contribution in [2.75, 3.05) is 18.4 Å². The molecule has 0 aromatic carbocycles. The fourth-order valence-electron chi connectivity index (χ4n) is 5.11. The van der Waals surface area contributed by atoms with Crippen LogP contribution >= 0.6 is 11.3 Å². The fourth-order valence-corrected chi connectivity index (χ4v) is 5.83. The van der Waals surface area contributed by atoms with Gasteiger partial charge < -0.3 is 10.1 Å². The van der Waals surface area contributed by atoms with E-state index in [2.05, 4.69) is 34.4 Å². The zero-order chi connectivity index (χ0) is 17.4. The first-order chi connectivity index (χ1) is 12.0. The molecular weight excluding hydrogens is 334 g/mol. The number of fused-ring (bicyclic) bond motifs is 2. The molecule has 0 radical (unpaired) electrons. The van der Waals surface area contributed by atoms with E-state index in [1.54, 1.807) is 11.3 Å². The van der Waals surface area contributed by atoms with Crippen LogP contribution < -0.4 is 5.32 Å². The molecule has 25 heavy (non-hydrogen) atoms. The highest BCUT2D eigenvalue weighted by atomic mass is 32.1. The maximum Gasteiger partial charge on any atom is 0.226 e. The largest absolute Gasteiger partial charge is 0.373 e. The summed E-state index contributed by atoms with van der Waals surface area (Å²) in [5, 5.41) is 5.84. The number of nitrogens with one attached hydrogen (secondary N) is 1. The number of thiazole rings is 1. The molecule has 1 saturated heterocycles. The standard InChI is InChI=1S/C19H29N3O2S/c1-12-8-22(9-13(2)24-12)10-17-11-25-19(20-17)21-18(23)7-16-6-14-3-4-15(16)5-14/h11-16H,3-10H2,1-2H3,(H,20,21,23)/t12-,13-,14-,15-,16+/m1/s1. The molecule has 138 valence electrons. The average molecular weight is 364 g/mol. The summed E-state index contributed by atoms with van der Waals surface area (Å²) in [7, 11) is 0. The molecule has 2 aliphatic carbocycles. The Balaban J connectivity index is 1.27. The molecule has 1 aromatic heterocycles. The monoisotopic (exact) mass is 363 g/mol. The maximum absolute atomic E-state index is 12.4. The van der Waals surface area contributed by atoms with E-state index in [4.69, 9.17) is 4.74 Å². The third-order valence-electron chi connectivity index (χ3n) is 6.01. The molecule has 3 aliphatic rings. The predicted molar refractivity (Wildman–Crippen MR) is 99.6 cm³/mol. The molecule has 1 N–H and O–H groups in total. The van der Waals surface area contributed by atoms with Crippen molar-refractivity contribution in [1.82, 2.24) is 9.88 Å². The molecule has 2 bridgehead atoms. The topological polar surface area (TPSA) is 54.5 Å². The molecule has 6 heteroatoms. The van der Waals surface area contributed by atoms with Crippen LogP contribution in [0.5, 0.6) is 0 Å². The number of carbonyl (C=O) groups is 1. The van der Waals surface area contributed by atoms with Crippen molar-refractivity contribution in [3.8, 4) is 0 Å². The van der Waals surface area contributed by atoms with Gasteiger partial charge in [0.15, 0.2) is 5.13 Å². The van der Waals surface area contributed by atoms with Crippen LogP contribution in [-0.4, -0.2) is 41.1 Å². The van der Waals surface area contributed by atoms with Gasteiger partial charge in [0.05, 0.1) is 17.9 Å². The molecule has 3 fully saturated rings. The number of amides is 1. The van der Waals surface area contributed by atoms with Crippen LogP contribution in [0, 0.1) is 17.8 Å². The highest BCUT2D eigenvalue weighted by Crippen LogP contribution is 2.49. The van der Waals surface area contributed by atoms with Crippen LogP contribution in [0.2, 0.25) is 0 Å². The van der Waals surface area contributed by atoms with E-state index in [9.17, 15) is 4.79 Å². The maximum atomic E-state index is 12.4. The number of carbonyl (C=O) groups excluding carboxylic acids is 1. The number of anilines is 1. The smallest absolute Gasteiger partial charge is 0.226 e. The van der Waals surface area contributed by atoms with Crippen molar-refractivity contribution in [1.29, 1.82) is 0 Å². The number of hydrogen-bond donors (Lipinski definition) is 1. The number of ether oxygens (including phenoxy) is 1. The van der Waals surface area contributed by atoms with Crippen molar-refractivity contribution in [2.45, 2.75) is 64.7 Å². The Morgan fingerprint density at radius 1 is 1.32 bits per heavy atom. The summed E-state index contributed by atoms with van der Waals surface area (Å²) in [5.74, 6) is 2.45. The lowest BCUT2D eigenvalue weighted by Gasteiger charge is -2.34. The Kier molecular flexibility index (Phi) is 5.11. The molecule has 5 nitrogen and oxygen atoms in total. The molecule has 1 aromatic rings. The summed E-state index contributed by atoms with van der Waals surface area (Å²) >= 11 is 1.54. The Labute approximate surface area is 154 Å². The molecule has 1 aliphatic heterocycles. The summed E-state index contributed by atoms with van der Waals surface area (Å²) in [6.07, 6.45) is 6.54. The lowest BCUT2D eigenvalue weighted by atomic mass is 9.86. The first-order valence-electron chi connectivity index (χ1n) is 9.67. The molecule has 2 saturated carbocycles. The lowest BCUT2D eigenvalue weighted by Crippen LogP contribution is -2.44. The van der Waals surface area contributed by atoms with Crippen molar-refractivity contribution in [3.05, 3.63) is 11.1 Å². The second-order valence-corrected chi connectivity index (χ2v) is 9.14. The molecule has 1 amide bonds. The van der Waals surface area contributed by atoms with Gasteiger partial charge in [0.2, 0.25) is 5.91 Å². The van der Waals surface area contributed by atoms with Gasteiger partial charge in [-0.15, -0.1) is 11.3 Å². The Morgan fingerprint density at radius 3 is 2.80 bits per heavy atom. The Bertz CT molecular complexity index is 610. The predicted octanol–water partition coefficient (Wildman–Crippen LogP) is 3.52. The van der Waals surface area contributed by atoms with Crippen LogP contribution in [0.25, 0.3) is 0 Å². The lowest BCUT2D eigenvalue weighted by molar-refractivity contribution is -0.117. The van der Waals surface area contributed by atoms with Crippen LogP contribution in [0.1, 0.15) is 51.6 Å².